The van der Waals surface area contributed by atoms with E-state index in [9.17, 15) is 4.79 Å². The predicted octanol–water partition coefficient (Wildman–Crippen LogP) is 3.79. The van der Waals surface area contributed by atoms with Crippen LogP contribution >= 0.6 is 15.9 Å². The topological polar surface area (TPSA) is 66.9 Å². The molecule has 2 aromatic rings. The van der Waals surface area contributed by atoms with Crippen LogP contribution in [0.4, 0.5) is 0 Å². The van der Waals surface area contributed by atoms with E-state index in [1.807, 2.05) is 18.2 Å². The highest BCUT2D eigenvalue weighted by atomic mass is 79.9. The Morgan fingerprint density at radius 3 is 2.56 bits per heavy atom. The summed E-state index contributed by atoms with van der Waals surface area (Å²) in [5.41, 5.74) is 2.15. The Balaban J connectivity index is 2.30. The molecule has 0 fully saturated rings. The van der Waals surface area contributed by atoms with Crippen molar-refractivity contribution in [3.05, 3.63) is 51.6 Å². The molecular weight excluding hydrogens is 390 g/mol. The molecule has 1 aromatic carbocycles. The number of aromatic nitrogens is 1. The number of pyridine rings is 1. The third-order valence-electron chi connectivity index (χ3n) is 3.28. The number of carbonyl (C=O) groups excluding carboxylic acids is 1. The van der Waals surface area contributed by atoms with Crippen LogP contribution in [0, 0.1) is 0 Å². The molecule has 0 saturated heterocycles. The van der Waals surface area contributed by atoms with Gasteiger partial charge < -0.3 is 18.9 Å². The number of hydrogen-bond acceptors (Lipinski definition) is 6. The lowest BCUT2D eigenvalue weighted by atomic mass is 10.1. The number of ether oxygens (including phenoxy) is 4. The summed E-state index contributed by atoms with van der Waals surface area (Å²) in [4.78, 5) is 15.7. The molecule has 0 atom stereocenters. The fourth-order valence-electron chi connectivity index (χ4n) is 2.01. The highest BCUT2D eigenvalue weighted by Gasteiger charge is 2.08. The minimum absolute atomic E-state index is 0.117. The van der Waals surface area contributed by atoms with Crippen LogP contribution in [0.2, 0.25) is 0 Å². The standard InChI is InChI=1S/C18H18BrNO5/c1-22-11-25-16-10-20-17(23-2)9-13(16)6-4-12-5-7-14(8-15(12)19)18(21)24-3/h4-10H,11H2,1-3H3. The summed E-state index contributed by atoms with van der Waals surface area (Å²) in [7, 11) is 4.45. The van der Waals surface area contributed by atoms with Gasteiger partial charge in [0.25, 0.3) is 0 Å². The Bertz CT molecular complexity index is 776. The zero-order valence-corrected chi connectivity index (χ0v) is 15.7. The zero-order chi connectivity index (χ0) is 18.2. The lowest BCUT2D eigenvalue weighted by Crippen LogP contribution is -2.01. The van der Waals surface area contributed by atoms with Gasteiger partial charge in [0.2, 0.25) is 5.88 Å². The van der Waals surface area contributed by atoms with E-state index in [0.29, 0.717) is 17.2 Å². The second kappa shape index (κ2) is 9.19. The van der Waals surface area contributed by atoms with Gasteiger partial charge in [0.05, 0.1) is 26.0 Å². The van der Waals surface area contributed by atoms with Crippen LogP contribution in [-0.4, -0.2) is 39.1 Å². The first-order valence-corrected chi connectivity index (χ1v) is 8.10. The van der Waals surface area contributed by atoms with Gasteiger partial charge >= 0.3 is 5.97 Å². The maximum Gasteiger partial charge on any atom is 0.337 e. The van der Waals surface area contributed by atoms with Gasteiger partial charge in [-0.25, -0.2) is 9.78 Å². The van der Waals surface area contributed by atoms with Gasteiger partial charge in [-0.15, -0.1) is 0 Å². The third kappa shape index (κ3) is 5.04. The van der Waals surface area contributed by atoms with Crippen LogP contribution in [0.5, 0.6) is 11.6 Å². The molecular formula is C18H18BrNO5. The zero-order valence-electron chi connectivity index (χ0n) is 14.1. The molecule has 0 spiro atoms. The molecule has 0 saturated carbocycles. The van der Waals surface area contributed by atoms with Crippen molar-refractivity contribution >= 4 is 34.1 Å². The van der Waals surface area contributed by atoms with Gasteiger partial charge in [-0.2, -0.15) is 0 Å². The van der Waals surface area contributed by atoms with Crippen molar-refractivity contribution in [2.24, 2.45) is 0 Å². The fourth-order valence-corrected chi connectivity index (χ4v) is 2.52. The molecule has 7 heteroatoms. The largest absolute Gasteiger partial charge is 0.481 e. The molecule has 25 heavy (non-hydrogen) atoms. The lowest BCUT2D eigenvalue weighted by molar-refractivity contribution is 0.0506. The van der Waals surface area contributed by atoms with E-state index in [2.05, 4.69) is 20.9 Å². The summed E-state index contributed by atoms with van der Waals surface area (Å²) < 4.78 is 21.1. The Labute approximate surface area is 154 Å². The molecule has 0 amide bonds. The number of halogens is 1. The van der Waals surface area contributed by atoms with Crippen molar-refractivity contribution < 1.29 is 23.7 Å². The highest BCUT2D eigenvalue weighted by molar-refractivity contribution is 9.10. The van der Waals surface area contributed by atoms with Gasteiger partial charge in [-0.1, -0.05) is 34.1 Å². The summed E-state index contributed by atoms with van der Waals surface area (Å²) in [6.07, 6.45) is 5.33. The predicted molar refractivity (Wildman–Crippen MR) is 97.7 cm³/mol. The molecule has 0 radical (unpaired) electrons. The molecule has 1 aromatic heterocycles. The van der Waals surface area contributed by atoms with Crippen molar-refractivity contribution in [3.8, 4) is 11.6 Å². The van der Waals surface area contributed by atoms with E-state index in [-0.39, 0.29) is 12.8 Å². The van der Waals surface area contributed by atoms with Crippen LogP contribution in [0.3, 0.4) is 0 Å². The normalized spacial score (nSPS) is 10.7. The van der Waals surface area contributed by atoms with Crippen molar-refractivity contribution in [1.82, 2.24) is 4.98 Å². The van der Waals surface area contributed by atoms with E-state index in [1.54, 1.807) is 38.6 Å². The van der Waals surface area contributed by atoms with Crippen LogP contribution in [0.1, 0.15) is 21.5 Å². The summed E-state index contributed by atoms with van der Waals surface area (Å²) in [5, 5.41) is 0. The Kier molecular flexibility index (Phi) is 6.97. The third-order valence-corrected chi connectivity index (χ3v) is 3.96. The molecule has 0 N–H and O–H groups in total. The second-order valence-corrected chi connectivity index (χ2v) is 5.73. The Morgan fingerprint density at radius 1 is 1.16 bits per heavy atom. The summed E-state index contributed by atoms with van der Waals surface area (Å²) in [6.45, 7) is 0.117. The van der Waals surface area contributed by atoms with Crippen LogP contribution < -0.4 is 9.47 Å². The number of nitrogens with zero attached hydrogens (tertiary/aromatic N) is 1. The summed E-state index contributed by atoms with van der Waals surface area (Å²) in [6, 6.07) is 6.99. The van der Waals surface area contributed by atoms with E-state index in [1.165, 1.54) is 7.11 Å². The molecule has 6 nitrogen and oxygen atoms in total. The molecule has 1 heterocycles. The Hall–Kier alpha value is -2.38. The van der Waals surface area contributed by atoms with Crippen LogP contribution in [-0.2, 0) is 9.47 Å². The number of carbonyl (C=O) groups is 1. The first-order chi connectivity index (χ1) is 12.1. The van der Waals surface area contributed by atoms with Crippen molar-refractivity contribution in [3.63, 3.8) is 0 Å². The van der Waals surface area contributed by atoms with E-state index in [4.69, 9.17) is 18.9 Å². The second-order valence-electron chi connectivity index (χ2n) is 4.88. The summed E-state index contributed by atoms with van der Waals surface area (Å²) in [5.74, 6) is 0.663. The van der Waals surface area contributed by atoms with Gasteiger partial charge in [0, 0.05) is 23.2 Å². The smallest absolute Gasteiger partial charge is 0.337 e. The molecule has 0 bridgehead atoms. The summed E-state index contributed by atoms with van der Waals surface area (Å²) >= 11 is 3.46. The molecule has 132 valence electrons. The molecule has 0 aliphatic rings. The average molecular weight is 408 g/mol. The maximum absolute atomic E-state index is 11.6. The monoisotopic (exact) mass is 407 g/mol. The minimum atomic E-state index is -0.384. The van der Waals surface area contributed by atoms with Gasteiger partial charge in [0.15, 0.2) is 6.79 Å². The Morgan fingerprint density at radius 2 is 1.92 bits per heavy atom. The quantitative estimate of drug-likeness (QED) is 0.513. The first kappa shape index (κ1) is 19.0. The van der Waals surface area contributed by atoms with E-state index >= 15 is 0 Å². The molecule has 2 rings (SSSR count). The van der Waals surface area contributed by atoms with Crippen LogP contribution in [0.25, 0.3) is 12.2 Å². The van der Waals surface area contributed by atoms with E-state index in [0.717, 1.165) is 15.6 Å². The maximum atomic E-state index is 11.6. The number of rotatable bonds is 7. The number of esters is 1. The van der Waals surface area contributed by atoms with Gasteiger partial charge in [-0.05, 0) is 17.7 Å². The number of hydrogen-bond donors (Lipinski definition) is 0. The lowest BCUT2D eigenvalue weighted by Gasteiger charge is -2.09. The highest BCUT2D eigenvalue weighted by Crippen LogP contribution is 2.26. The van der Waals surface area contributed by atoms with E-state index < -0.39 is 0 Å². The van der Waals surface area contributed by atoms with Gasteiger partial charge in [0.1, 0.15) is 5.75 Å². The molecule has 0 unspecified atom stereocenters. The average Bonchev–Trinajstić information content (AvgIpc) is 2.64. The SMILES string of the molecule is COCOc1cnc(OC)cc1C=Cc1ccc(C(=O)OC)cc1Br. The number of methoxy groups -OCH3 is 3. The van der Waals surface area contributed by atoms with Crippen LogP contribution in [0.15, 0.2) is 34.9 Å². The van der Waals surface area contributed by atoms with Crippen molar-refractivity contribution in [2.75, 3.05) is 28.1 Å². The fraction of sp³-hybridized carbons (Fsp3) is 0.222. The van der Waals surface area contributed by atoms with Gasteiger partial charge in [-0.3, -0.25) is 0 Å². The molecule has 0 aliphatic carbocycles. The number of benzene rings is 1. The van der Waals surface area contributed by atoms with Crippen molar-refractivity contribution in [2.45, 2.75) is 0 Å². The minimum Gasteiger partial charge on any atom is -0.481 e. The van der Waals surface area contributed by atoms with Crippen molar-refractivity contribution in [1.29, 1.82) is 0 Å². The first-order valence-electron chi connectivity index (χ1n) is 7.30. The molecule has 0 aliphatic heterocycles.